The molecule has 1 atom stereocenters. The third kappa shape index (κ3) is 3.94. The maximum atomic E-state index is 11.0. The molecule has 0 amide bonds. The average molecular weight is 325 g/mol. The molecule has 0 radical (unpaired) electrons. The number of nitrogens with zero attached hydrogens (tertiary/aromatic N) is 1. The fourth-order valence-electron chi connectivity index (χ4n) is 2.06. The zero-order valence-electron chi connectivity index (χ0n) is 11.3. The van der Waals surface area contributed by atoms with E-state index in [1.165, 1.54) is 6.07 Å². The van der Waals surface area contributed by atoms with Crippen LogP contribution in [0, 0.1) is 10.1 Å². The molecule has 0 aliphatic rings. The van der Waals surface area contributed by atoms with E-state index in [-0.39, 0.29) is 11.7 Å². The number of rotatable bonds is 5. The Morgan fingerprint density at radius 3 is 2.62 bits per heavy atom. The molecule has 4 nitrogen and oxygen atoms in total. The molecule has 0 aliphatic heterocycles. The second kappa shape index (κ2) is 6.89. The van der Waals surface area contributed by atoms with Gasteiger partial charge in [-0.05, 0) is 30.7 Å². The molecule has 110 valence electrons. The van der Waals surface area contributed by atoms with Crippen LogP contribution in [-0.4, -0.2) is 4.92 Å². The second-order valence-electron chi connectivity index (χ2n) is 4.65. The number of benzene rings is 2. The molecule has 0 heterocycles. The molecule has 0 saturated carbocycles. The molecule has 1 N–H and O–H groups in total. The lowest BCUT2D eigenvalue weighted by molar-refractivity contribution is -0.385. The van der Waals surface area contributed by atoms with Crippen LogP contribution in [0.4, 0.5) is 5.69 Å². The number of hydrogen-bond acceptors (Lipinski definition) is 3. The van der Waals surface area contributed by atoms with Gasteiger partial charge in [0.05, 0.1) is 4.92 Å². The first-order valence-electron chi connectivity index (χ1n) is 6.39. The van der Waals surface area contributed by atoms with Gasteiger partial charge in [0, 0.05) is 34.3 Å². The van der Waals surface area contributed by atoms with Crippen LogP contribution in [-0.2, 0) is 6.54 Å². The fraction of sp³-hybridized carbons (Fsp3) is 0.200. The third-order valence-corrected chi connectivity index (χ3v) is 3.79. The van der Waals surface area contributed by atoms with Crippen LogP contribution in [0.3, 0.4) is 0 Å². The highest BCUT2D eigenvalue weighted by molar-refractivity contribution is 6.31. The van der Waals surface area contributed by atoms with Crippen LogP contribution in [0.2, 0.25) is 10.0 Å². The quantitative estimate of drug-likeness (QED) is 0.637. The van der Waals surface area contributed by atoms with E-state index < -0.39 is 4.92 Å². The summed E-state index contributed by atoms with van der Waals surface area (Å²) in [5.74, 6) is 0. The van der Waals surface area contributed by atoms with Crippen LogP contribution in [0.1, 0.15) is 24.1 Å². The first kappa shape index (κ1) is 15.8. The van der Waals surface area contributed by atoms with Crippen molar-refractivity contribution in [3.63, 3.8) is 0 Å². The van der Waals surface area contributed by atoms with Crippen LogP contribution in [0.25, 0.3) is 0 Å². The smallest absolute Gasteiger partial charge is 0.275 e. The Hall–Kier alpha value is -1.62. The van der Waals surface area contributed by atoms with E-state index in [4.69, 9.17) is 23.2 Å². The van der Waals surface area contributed by atoms with Crippen LogP contribution in [0.5, 0.6) is 0 Å². The van der Waals surface area contributed by atoms with Gasteiger partial charge in [0.15, 0.2) is 0 Å². The number of nitro groups is 1. The fourth-order valence-corrected chi connectivity index (χ4v) is 2.52. The van der Waals surface area contributed by atoms with E-state index in [1.54, 1.807) is 12.1 Å². The van der Waals surface area contributed by atoms with Gasteiger partial charge in [-0.3, -0.25) is 10.1 Å². The molecule has 2 rings (SSSR count). The highest BCUT2D eigenvalue weighted by atomic mass is 35.5. The topological polar surface area (TPSA) is 55.2 Å². The molecule has 2 aromatic rings. The highest BCUT2D eigenvalue weighted by Gasteiger charge is 2.15. The van der Waals surface area contributed by atoms with Gasteiger partial charge < -0.3 is 5.32 Å². The summed E-state index contributed by atoms with van der Waals surface area (Å²) in [6.07, 6.45) is 0. The van der Waals surface area contributed by atoms with Gasteiger partial charge in [-0.15, -0.1) is 0 Å². The standard InChI is InChI=1S/C15H14Cl2N2O2/c1-10(13-4-2-3-5-14(13)17)18-9-11-6-7-12(16)8-15(11)19(20)21/h2-8,10,18H,9H2,1H3. The Labute approximate surface area is 132 Å². The molecular weight excluding hydrogens is 311 g/mol. The number of nitro benzene ring substituents is 1. The lowest BCUT2D eigenvalue weighted by Crippen LogP contribution is -2.19. The Balaban J connectivity index is 2.13. The SMILES string of the molecule is CC(NCc1ccc(Cl)cc1[N+](=O)[O-])c1ccccc1Cl. The Kier molecular flexibility index (Phi) is 5.17. The lowest BCUT2D eigenvalue weighted by atomic mass is 10.1. The van der Waals surface area contributed by atoms with Gasteiger partial charge in [0.1, 0.15) is 0 Å². The van der Waals surface area contributed by atoms with Gasteiger partial charge in [-0.25, -0.2) is 0 Å². The molecule has 0 saturated heterocycles. The zero-order valence-corrected chi connectivity index (χ0v) is 12.9. The monoisotopic (exact) mass is 324 g/mol. The number of hydrogen-bond donors (Lipinski definition) is 1. The molecule has 0 spiro atoms. The first-order chi connectivity index (χ1) is 9.99. The Bertz CT molecular complexity index is 662. The van der Waals surface area contributed by atoms with Crippen molar-refractivity contribution in [2.24, 2.45) is 0 Å². The largest absolute Gasteiger partial charge is 0.306 e. The molecule has 0 fully saturated rings. The van der Waals surface area contributed by atoms with Crippen LogP contribution >= 0.6 is 23.2 Å². The normalized spacial score (nSPS) is 12.1. The molecule has 0 aliphatic carbocycles. The van der Waals surface area contributed by atoms with E-state index in [1.807, 2.05) is 31.2 Å². The summed E-state index contributed by atoms with van der Waals surface area (Å²) in [7, 11) is 0. The summed E-state index contributed by atoms with van der Waals surface area (Å²) >= 11 is 11.9. The minimum Gasteiger partial charge on any atom is -0.306 e. The van der Waals surface area contributed by atoms with Crippen molar-refractivity contribution in [2.75, 3.05) is 0 Å². The van der Waals surface area contributed by atoms with E-state index in [9.17, 15) is 10.1 Å². The van der Waals surface area contributed by atoms with E-state index in [0.29, 0.717) is 22.2 Å². The van der Waals surface area contributed by atoms with Crippen molar-refractivity contribution >= 4 is 28.9 Å². The lowest BCUT2D eigenvalue weighted by Gasteiger charge is -2.15. The molecule has 1 unspecified atom stereocenters. The summed E-state index contributed by atoms with van der Waals surface area (Å²) in [5, 5.41) is 15.3. The minimum atomic E-state index is -0.428. The molecule has 2 aromatic carbocycles. The third-order valence-electron chi connectivity index (χ3n) is 3.21. The Morgan fingerprint density at radius 1 is 1.24 bits per heavy atom. The van der Waals surface area contributed by atoms with Gasteiger partial charge in [-0.1, -0.05) is 41.4 Å². The Morgan fingerprint density at radius 2 is 1.95 bits per heavy atom. The zero-order chi connectivity index (χ0) is 15.4. The first-order valence-corrected chi connectivity index (χ1v) is 7.15. The maximum Gasteiger partial charge on any atom is 0.275 e. The van der Waals surface area contributed by atoms with Crippen molar-refractivity contribution in [3.8, 4) is 0 Å². The van der Waals surface area contributed by atoms with E-state index >= 15 is 0 Å². The van der Waals surface area contributed by atoms with Crippen molar-refractivity contribution in [1.29, 1.82) is 0 Å². The average Bonchev–Trinajstić information content (AvgIpc) is 2.46. The predicted molar refractivity (Wildman–Crippen MR) is 84.8 cm³/mol. The van der Waals surface area contributed by atoms with Crippen LogP contribution < -0.4 is 5.32 Å². The van der Waals surface area contributed by atoms with Gasteiger partial charge in [-0.2, -0.15) is 0 Å². The predicted octanol–water partition coefficient (Wildman–Crippen LogP) is 4.75. The molecule has 0 bridgehead atoms. The van der Waals surface area contributed by atoms with Gasteiger partial charge in [0.25, 0.3) is 5.69 Å². The number of halogens is 2. The molecule has 21 heavy (non-hydrogen) atoms. The maximum absolute atomic E-state index is 11.0. The highest BCUT2D eigenvalue weighted by Crippen LogP contribution is 2.25. The number of nitrogens with one attached hydrogen (secondary N) is 1. The van der Waals surface area contributed by atoms with Crippen molar-refractivity contribution in [3.05, 3.63) is 73.8 Å². The second-order valence-corrected chi connectivity index (χ2v) is 5.50. The summed E-state index contributed by atoms with van der Waals surface area (Å²) in [5.41, 5.74) is 1.56. The molecule has 0 aromatic heterocycles. The molecular formula is C15H14Cl2N2O2. The van der Waals surface area contributed by atoms with Gasteiger partial charge in [0.2, 0.25) is 0 Å². The van der Waals surface area contributed by atoms with Crippen molar-refractivity contribution in [1.82, 2.24) is 5.32 Å². The molecule has 6 heteroatoms. The van der Waals surface area contributed by atoms with Gasteiger partial charge >= 0.3 is 0 Å². The van der Waals surface area contributed by atoms with E-state index in [2.05, 4.69) is 5.32 Å². The van der Waals surface area contributed by atoms with Crippen LogP contribution in [0.15, 0.2) is 42.5 Å². The summed E-state index contributed by atoms with van der Waals surface area (Å²) in [6, 6.07) is 12.2. The summed E-state index contributed by atoms with van der Waals surface area (Å²) < 4.78 is 0. The van der Waals surface area contributed by atoms with Crippen molar-refractivity contribution < 1.29 is 4.92 Å². The summed E-state index contributed by atoms with van der Waals surface area (Å²) in [4.78, 5) is 10.6. The van der Waals surface area contributed by atoms with E-state index in [0.717, 1.165) is 5.56 Å². The van der Waals surface area contributed by atoms with Crippen molar-refractivity contribution in [2.45, 2.75) is 19.5 Å². The summed E-state index contributed by atoms with van der Waals surface area (Å²) in [6.45, 7) is 2.32. The minimum absolute atomic E-state index is 0.0151.